The fourth-order valence-corrected chi connectivity index (χ4v) is 1.79. The summed E-state index contributed by atoms with van der Waals surface area (Å²) in [4.78, 5) is 0. The van der Waals surface area contributed by atoms with E-state index in [1.165, 1.54) is 0 Å². The third-order valence-corrected chi connectivity index (χ3v) is 2.90. The van der Waals surface area contributed by atoms with Gasteiger partial charge in [-0.3, -0.25) is 0 Å². The molecule has 2 N–H and O–H groups in total. The SMILES string of the molecule is CCCNCCC(C)(O)c1cccc(Cl)c1. The molecule has 0 spiro atoms. The first kappa shape index (κ1) is 13.5. The van der Waals surface area contributed by atoms with Crippen LogP contribution in [0.2, 0.25) is 5.02 Å². The number of hydrogen-bond acceptors (Lipinski definition) is 2. The molecule has 0 radical (unpaired) electrons. The predicted octanol–water partition coefficient (Wildman–Crippen LogP) is 2.94. The van der Waals surface area contributed by atoms with Gasteiger partial charge in [0, 0.05) is 5.02 Å². The maximum atomic E-state index is 10.3. The number of nitrogens with one attached hydrogen (secondary N) is 1. The molecule has 1 rings (SSSR count). The molecule has 0 aliphatic rings. The van der Waals surface area contributed by atoms with E-state index in [4.69, 9.17) is 11.6 Å². The van der Waals surface area contributed by atoms with Crippen molar-refractivity contribution in [2.75, 3.05) is 13.1 Å². The fourth-order valence-electron chi connectivity index (χ4n) is 1.60. The van der Waals surface area contributed by atoms with Crippen LogP contribution in [0.25, 0.3) is 0 Å². The Bertz CT molecular complexity index is 325. The van der Waals surface area contributed by atoms with E-state index in [1.54, 1.807) is 0 Å². The molecule has 0 aromatic heterocycles. The quantitative estimate of drug-likeness (QED) is 0.751. The molecule has 1 unspecified atom stereocenters. The number of hydrogen-bond donors (Lipinski definition) is 2. The van der Waals surface area contributed by atoms with Crippen molar-refractivity contribution in [1.29, 1.82) is 0 Å². The summed E-state index contributed by atoms with van der Waals surface area (Å²) >= 11 is 5.91. The number of benzene rings is 1. The van der Waals surface area contributed by atoms with Crippen molar-refractivity contribution in [2.45, 2.75) is 32.3 Å². The largest absolute Gasteiger partial charge is 0.385 e. The second kappa shape index (κ2) is 6.24. The third kappa shape index (κ3) is 4.12. The minimum atomic E-state index is -0.814. The van der Waals surface area contributed by atoms with E-state index in [9.17, 15) is 5.11 Å². The Kier molecular flexibility index (Phi) is 5.26. The molecule has 0 saturated carbocycles. The van der Waals surface area contributed by atoms with Crippen LogP contribution in [0.1, 0.15) is 32.3 Å². The van der Waals surface area contributed by atoms with Gasteiger partial charge in [0.05, 0.1) is 5.60 Å². The highest BCUT2D eigenvalue weighted by Crippen LogP contribution is 2.26. The number of halogens is 1. The number of aliphatic hydroxyl groups is 1. The summed E-state index contributed by atoms with van der Waals surface area (Å²) in [6.45, 7) is 5.76. The Morgan fingerprint density at radius 3 is 2.75 bits per heavy atom. The Morgan fingerprint density at radius 1 is 1.38 bits per heavy atom. The van der Waals surface area contributed by atoms with Crippen LogP contribution in [0.15, 0.2) is 24.3 Å². The first-order valence-corrected chi connectivity index (χ1v) is 6.13. The molecule has 1 aromatic carbocycles. The minimum absolute atomic E-state index is 0.666. The first-order chi connectivity index (χ1) is 7.56. The summed E-state index contributed by atoms with van der Waals surface area (Å²) in [5.41, 5.74) is 0.0596. The first-order valence-electron chi connectivity index (χ1n) is 5.75. The number of rotatable bonds is 6. The maximum Gasteiger partial charge on any atom is 0.0881 e. The molecule has 0 amide bonds. The van der Waals surface area contributed by atoms with Crippen molar-refractivity contribution in [3.05, 3.63) is 34.9 Å². The molecule has 0 aliphatic heterocycles. The normalized spacial score (nSPS) is 14.8. The lowest BCUT2D eigenvalue weighted by Crippen LogP contribution is -2.28. The Morgan fingerprint density at radius 2 is 2.12 bits per heavy atom. The lowest BCUT2D eigenvalue weighted by Gasteiger charge is -2.24. The van der Waals surface area contributed by atoms with Crippen molar-refractivity contribution in [1.82, 2.24) is 5.32 Å². The molecular weight excluding hydrogens is 222 g/mol. The van der Waals surface area contributed by atoms with Gasteiger partial charge >= 0.3 is 0 Å². The summed E-state index contributed by atoms with van der Waals surface area (Å²) < 4.78 is 0. The van der Waals surface area contributed by atoms with Crippen molar-refractivity contribution < 1.29 is 5.11 Å². The Hall–Kier alpha value is -0.570. The Labute approximate surface area is 103 Å². The van der Waals surface area contributed by atoms with Crippen LogP contribution in [0, 0.1) is 0 Å². The van der Waals surface area contributed by atoms with Crippen LogP contribution in [0.3, 0.4) is 0 Å². The van der Waals surface area contributed by atoms with E-state index >= 15 is 0 Å². The lowest BCUT2D eigenvalue weighted by molar-refractivity contribution is 0.0481. The average molecular weight is 242 g/mol. The van der Waals surface area contributed by atoms with E-state index in [0.29, 0.717) is 11.4 Å². The molecular formula is C13H20ClNO. The van der Waals surface area contributed by atoms with Crippen LogP contribution in [0.5, 0.6) is 0 Å². The topological polar surface area (TPSA) is 32.3 Å². The zero-order valence-electron chi connectivity index (χ0n) is 9.96. The highest BCUT2D eigenvalue weighted by Gasteiger charge is 2.22. The summed E-state index contributed by atoms with van der Waals surface area (Å²) in [6, 6.07) is 7.41. The van der Waals surface area contributed by atoms with Crippen LogP contribution in [0.4, 0.5) is 0 Å². The van der Waals surface area contributed by atoms with Gasteiger partial charge in [0.25, 0.3) is 0 Å². The summed E-state index contributed by atoms with van der Waals surface area (Å²) in [5.74, 6) is 0. The van der Waals surface area contributed by atoms with Crippen LogP contribution in [-0.4, -0.2) is 18.2 Å². The second-order valence-electron chi connectivity index (χ2n) is 4.28. The Balaban J connectivity index is 2.55. The van der Waals surface area contributed by atoms with Gasteiger partial charge in [-0.05, 0) is 50.6 Å². The van der Waals surface area contributed by atoms with E-state index < -0.39 is 5.60 Å². The van der Waals surface area contributed by atoms with Crippen molar-refractivity contribution >= 4 is 11.6 Å². The third-order valence-electron chi connectivity index (χ3n) is 2.66. The second-order valence-corrected chi connectivity index (χ2v) is 4.72. The monoisotopic (exact) mass is 241 g/mol. The summed E-state index contributed by atoms with van der Waals surface area (Å²) in [5, 5.41) is 14.3. The molecule has 16 heavy (non-hydrogen) atoms. The smallest absolute Gasteiger partial charge is 0.0881 e. The zero-order chi connectivity index (χ0) is 12.0. The van der Waals surface area contributed by atoms with Crippen LogP contribution >= 0.6 is 11.6 Å². The van der Waals surface area contributed by atoms with Gasteiger partial charge in [0.1, 0.15) is 0 Å². The molecule has 1 aromatic rings. The fraction of sp³-hybridized carbons (Fsp3) is 0.538. The van der Waals surface area contributed by atoms with Crippen LogP contribution < -0.4 is 5.32 Å². The highest BCUT2D eigenvalue weighted by molar-refractivity contribution is 6.30. The molecule has 3 heteroatoms. The van der Waals surface area contributed by atoms with Crippen LogP contribution in [-0.2, 0) is 5.60 Å². The van der Waals surface area contributed by atoms with Crippen molar-refractivity contribution in [2.24, 2.45) is 0 Å². The van der Waals surface area contributed by atoms with Crippen molar-refractivity contribution in [3.8, 4) is 0 Å². The molecule has 1 atom stereocenters. The van der Waals surface area contributed by atoms with Gasteiger partial charge in [0.2, 0.25) is 0 Å². The van der Waals surface area contributed by atoms with Gasteiger partial charge in [0.15, 0.2) is 0 Å². The molecule has 0 bridgehead atoms. The van der Waals surface area contributed by atoms with Gasteiger partial charge in [-0.25, -0.2) is 0 Å². The average Bonchev–Trinajstić information content (AvgIpc) is 2.24. The molecule has 0 fully saturated rings. The van der Waals surface area contributed by atoms with Gasteiger partial charge in [-0.1, -0.05) is 30.7 Å². The minimum Gasteiger partial charge on any atom is -0.385 e. The summed E-state index contributed by atoms with van der Waals surface area (Å²) in [6.07, 6.45) is 1.80. The summed E-state index contributed by atoms with van der Waals surface area (Å²) in [7, 11) is 0. The zero-order valence-corrected chi connectivity index (χ0v) is 10.7. The molecule has 0 saturated heterocycles. The van der Waals surface area contributed by atoms with Gasteiger partial charge in [-0.2, -0.15) is 0 Å². The van der Waals surface area contributed by atoms with E-state index in [2.05, 4.69) is 12.2 Å². The maximum absolute atomic E-state index is 10.3. The van der Waals surface area contributed by atoms with E-state index in [0.717, 1.165) is 25.1 Å². The highest BCUT2D eigenvalue weighted by atomic mass is 35.5. The molecule has 2 nitrogen and oxygen atoms in total. The lowest BCUT2D eigenvalue weighted by atomic mass is 9.92. The standard InChI is InChI=1S/C13H20ClNO/c1-3-8-15-9-7-13(2,16)11-5-4-6-12(14)10-11/h4-6,10,15-16H,3,7-9H2,1-2H3. The molecule has 90 valence electrons. The van der Waals surface area contributed by atoms with Gasteiger partial charge < -0.3 is 10.4 Å². The van der Waals surface area contributed by atoms with Gasteiger partial charge in [-0.15, -0.1) is 0 Å². The van der Waals surface area contributed by atoms with E-state index in [1.807, 2.05) is 31.2 Å². The molecule has 0 aliphatic carbocycles. The van der Waals surface area contributed by atoms with Crippen molar-refractivity contribution in [3.63, 3.8) is 0 Å². The predicted molar refractivity (Wildman–Crippen MR) is 68.8 cm³/mol. The molecule has 0 heterocycles. The van der Waals surface area contributed by atoms with E-state index in [-0.39, 0.29) is 0 Å².